The zero-order valence-corrected chi connectivity index (χ0v) is 10.3. The fraction of sp³-hybridized carbons (Fsp3) is 0.545. The summed E-state index contributed by atoms with van der Waals surface area (Å²) in [7, 11) is 3.05. The van der Waals surface area contributed by atoms with Crippen molar-refractivity contribution in [1.29, 1.82) is 0 Å². The number of carbonyl (C=O) groups is 2. The molecule has 1 aromatic heterocycles. The molecule has 1 saturated heterocycles. The van der Waals surface area contributed by atoms with E-state index in [1.54, 1.807) is 22.8 Å². The highest BCUT2D eigenvalue weighted by Crippen LogP contribution is 2.11. The average Bonchev–Trinajstić information content (AvgIpc) is 2.83. The molecule has 1 amide bonds. The van der Waals surface area contributed by atoms with Crippen molar-refractivity contribution in [3.8, 4) is 0 Å². The van der Waals surface area contributed by atoms with Gasteiger partial charge in [0.25, 0.3) is 5.91 Å². The first-order valence-corrected chi connectivity index (χ1v) is 5.58. The summed E-state index contributed by atoms with van der Waals surface area (Å²) in [5.41, 5.74) is 0.487. The number of aromatic nitrogens is 2. The van der Waals surface area contributed by atoms with Gasteiger partial charge in [-0.25, -0.2) is 9.78 Å². The SMILES string of the molecule is COC(=O)C1CN(C(=O)c2cncn2C)CCO1. The van der Waals surface area contributed by atoms with E-state index in [0.717, 1.165) is 0 Å². The largest absolute Gasteiger partial charge is 0.467 e. The van der Waals surface area contributed by atoms with E-state index in [0.29, 0.717) is 18.8 Å². The molecule has 0 aromatic carbocycles. The number of rotatable bonds is 2. The Hall–Kier alpha value is -1.89. The average molecular weight is 253 g/mol. The van der Waals surface area contributed by atoms with E-state index in [-0.39, 0.29) is 12.5 Å². The van der Waals surface area contributed by atoms with Crippen LogP contribution in [0.3, 0.4) is 0 Å². The van der Waals surface area contributed by atoms with Gasteiger partial charge in [-0.2, -0.15) is 0 Å². The van der Waals surface area contributed by atoms with Gasteiger partial charge in [0.1, 0.15) is 5.69 Å². The van der Waals surface area contributed by atoms with Crippen LogP contribution in [-0.4, -0.2) is 59.2 Å². The predicted octanol–water partition coefficient (Wildman–Crippen LogP) is -0.566. The number of hydrogen-bond acceptors (Lipinski definition) is 5. The molecule has 0 saturated carbocycles. The van der Waals surface area contributed by atoms with Gasteiger partial charge < -0.3 is 18.9 Å². The van der Waals surface area contributed by atoms with Crippen LogP contribution in [0.2, 0.25) is 0 Å². The third-order valence-corrected chi connectivity index (χ3v) is 2.85. The normalized spacial score (nSPS) is 19.7. The summed E-state index contributed by atoms with van der Waals surface area (Å²) < 4.78 is 11.5. The Bertz CT molecular complexity index is 457. The van der Waals surface area contributed by atoms with E-state index >= 15 is 0 Å². The third-order valence-electron chi connectivity index (χ3n) is 2.85. The molecule has 7 heteroatoms. The van der Waals surface area contributed by atoms with Crippen LogP contribution in [-0.2, 0) is 21.3 Å². The molecule has 1 aliphatic rings. The van der Waals surface area contributed by atoms with E-state index in [1.807, 2.05) is 0 Å². The molecule has 0 spiro atoms. The third kappa shape index (κ3) is 2.35. The number of imidazole rings is 1. The maximum atomic E-state index is 12.2. The monoisotopic (exact) mass is 253 g/mol. The Kier molecular flexibility index (Phi) is 3.61. The van der Waals surface area contributed by atoms with Crippen molar-refractivity contribution in [2.75, 3.05) is 26.8 Å². The van der Waals surface area contributed by atoms with Crippen LogP contribution in [0.15, 0.2) is 12.5 Å². The molecule has 0 N–H and O–H groups in total. The molecule has 7 nitrogen and oxygen atoms in total. The number of aryl methyl sites for hydroxylation is 1. The molecule has 2 heterocycles. The molecule has 2 rings (SSSR count). The highest BCUT2D eigenvalue weighted by Gasteiger charge is 2.31. The summed E-state index contributed by atoms with van der Waals surface area (Å²) in [5.74, 6) is -0.621. The van der Waals surface area contributed by atoms with E-state index in [2.05, 4.69) is 9.72 Å². The quantitative estimate of drug-likeness (QED) is 0.660. The van der Waals surface area contributed by atoms with Gasteiger partial charge in [-0.3, -0.25) is 4.79 Å². The van der Waals surface area contributed by atoms with Gasteiger partial charge in [0.15, 0.2) is 6.10 Å². The summed E-state index contributed by atoms with van der Waals surface area (Å²) >= 11 is 0. The van der Waals surface area contributed by atoms with Crippen LogP contribution in [0.1, 0.15) is 10.5 Å². The number of ether oxygens (including phenoxy) is 2. The lowest BCUT2D eigenvalue weighted by atomic mass is 10.2. The van der Waals surface area contributed by atoms with Crippen molar-refractivity contribution in [2.45, 2.75) is 6.10 Å². The van der Waals surface area contributed by atoms with Crippen LogP contribution in [0, 0.1) is 0 Å². The first-order chi connectivity index (χ1) is 8.63. The van der Waals surface area contributed by atoms with Crippen molar-refractivity contribution < 1.29 is 19.1 Å². The van der Waals surface area contributed by atoms with Crippen molar-refractivity contribution in [2.24, 2.45) is 7.05 Å². The number of nitrogens with zero attached hydrogens (tertiary/aromatic N) is 3. The van der Waals surface area contributed by atoms with Gasteiger partial charge in [-0.05, 0) is 0 Å². The minimum atomic E-state index is -0.707. The number of hydrogen-bond donors (Lipinski definition) is 0. The molecule has 98 valence electrons. The molecule has 18 heavy (non-hydrogen) atoms. The molecule has 1 aliphatic heterocycles. The predicted molar refractivity (Wildman–Crippen MR) is 60.9 cm³/mol. The lowest BCUT2D eigenvalue weighted by molar-refractivity contribution is -0.158. The second-order valence-electron chi connectivity index (χ2n) is 4.02. The fourth-order valence-corrected chi connectivity index (χ4v) is 1.83. The van der Waals surface area contributed by atoms with Crippen LogP contribution in [0.4, 0.5) is 0 Å². The summed E-state index contributed by atoms with van der Waals surface area (Å²) in [5, 5.41) is 0. The Morgan fingerprint density at radius 3 is 2.94 bits per heavy atom. The highest BCUT2D eigenvalue weighted by atomic mass is 16.6. The summed E-state index contributed by atoms with van der Waals surface area (Å²) in [4.78, 5) is 29.1. The number of esters is 1. The topological polar surface area (TPSA) is 73.7 Å². The van der Waals surface area contributed by atoms with Gasteiger partial charge in [0.05, 0.1) is 32.8 Å². The van der Waals surface area contributed by atoms with Crippen molar-refractivity contribution >= 4 is 11.9 Å². The smallest absolute Gasteiger partial charge is 0.336 e. The first kappa shape index (κ1) is 12.6. The number of morpholine rings is 1. The Morgan fingerprint density at radius 1 is 1.56 bits per heavy atom. The van der Waals surface area contributed by atoms with Gasteiger partial charge in [0.2, 0.25) is 0 Å². The van der Waals surface area contributed by atoms with Gasteiger partial charge in [-0.1, -0.05) is 0 Å². The fourth-order valence-electron chi connectivity index (χ4n) is 1.83. The highest BCUT2D eigenvalue weighted by molar-refractivity contribution is 5.93. The second kappa shape index (κ2) is 5.18. The van der Waals surface area contributed by atoms with Crippen LogP contribution in [0.25, 0.3) is 0 Å². The van der Waals surface area contributed by atoms with Crippen LogP contribution < -0.4 is 0 Å². The van der Waals surface area contributed by atoms with E-state index in [1.165, 1.54) is 13.3 Å². The minimum absolute atomic E-state index is 0.160. The Balaban J connectivity index is 2.07. The maximum absolute atomic E-state index is 12.2. The van der Waals surface area contributed by atoms with Crippen molar-refractivity contribution in [3.05, 3.63) is 18.2 Å². The Labute approximate surface area is 104 Å². The van der Waals surface area contributed by atoms with Crippen LogP contribution >= 0.6 is 0 Å². The van der Waals surface area contributed by atoms with Crippen LogP contribution in [0.5, 0.6) is 0 Å². The zero-order valence-electron chi connectivity index (χ0n) is 10.3. The summed E-state index contributed by atoms with van der Waals surface area (Å²) in [6.45, 7) is 0.984. The lowest BCUT2D eigenvalue weighted by Crippen LogP contribution is -2.49. The van der Waals surface area contributed by atoms with E-state index in [9.17, 15) is 9.59 Å². The Morgan fingerprint density at radius 2 is 2.33 bits per heavy atom. The number of amides is 1. The van der Waals surface area contributed by atoms with Gasteiger partial charge in [-0.15, -0.1) is 0 Å². The van der Waals surface area contributed by atoms with Crippen molar-refractivity contribution in [1.82, 2.24) is 14.5 Å². The molecular weight excluding hydrogens is 238 g/mol. The summed E-state index contributed by atoms with van der Waals surface area (Å²) in [6, 6.07) is 0. The maximum Gasteiger partial charge on any atom is 0.336 e. The van der Waals surface area contributed by atoms with E-state index < -0.39 is 12.1 Å². The molecule has 0 radical (unpaired) electrons. The van der Waals surface area contributed by atoms with E-state index in [4.69, 9.17) is 4.74 Å². The molecular formula is C11H15N3O4. The zero-order chi connectivity index (χ0) is 13.1. The second-order valence-corrected chi connectivity index (χ2v) is 4.02. The number of methoxy groups -OCH3 is 1. The molecule has 0 bridgehead atoms. The minimum Gasteiger partial charge on any atom is -0.467 e. The summed E-state index contributed by atoms with van der Waals surface area (Å²) in [6.07, 6.45) is 2.36. The molecule has 1 atom stereocenters. The number of carbonyl (C=O) groups excluding carboxylic acids is 2. The molecule has 1 fully saturated rings. The molecule has 1 unspecified atom stereocenters. The first-order valence-electron chi connectivity index (χ1n) is 5.58. The van der Waals surface area contributed by atoms with Crippen molar-refractivity contribution in [3.63, 3.8) is 0 Å². The molecule has 0 aliphatic carbocycles. The lowest BCUT2D eigenvalue weighted by Gasteiger charge is -2.31. The standard InChI is InChI=1S/C11H15N3O4/c1-13-7-12-5-8(13)10(15)14-3-4-18-9(6-14)11(16)17-2/h5,7,9H,3-4,6H2,1-2H3. The van der Waals surface area contributed by atoms with Gasteiger partial charge in [0, 0.05) is 13.6 Å². The molecule has 1 aromatic rings. The van der Waals surface area contributed by atoms with Gasteiger partial charge >= 0.3 is 5.97 Å².